The molecular weight excluding hydrogens is 440 g/mol. The molecule has 1 aliphatic heterocycles. The normalized spacial score (nSPS) is 19.1. The number of carbonyl (C=O) groups is 1. The van der Waals surface area contributed by atoms with Crippen LogP contribution in [0.25, 0.3) is 11.5 Å². The minimum absolute atomic E-state index is 0.0239. The number of piperidine rings is 1. The first-order valence-corrected chi connectivity index (χ1v) is 12.8. The summed E-state index contributed by atoms with van der Waals surface area (Å²) in [7, 11) is -3.64. The number of nitrogens with one attached hydrogen (secondary N) is 1. The van der Waals surface area contributed by atoms with Crippen LogP contribution >= 0.6 is 0 Å². The van der Waals surface area contributed by atoms with Crippen LogP contribution in [-0.4, -0.2) is 41.9 Å². The highest BCUT2D eigenvalue weighted by Gasteiger charge is 2.33. The van der Waals surface area contributed by atoms with Gasteiger partial charge in [0.25, 0.3) is 0 Å². The molecule has 0 saturated carbocycles. The number of hydrogen-bond donors (Lipinski definition) is 1. The second kappa shape index (κ2) is 9.07. The second-order valence-electron chi connectivity index (χ2n) is 8.61. The van der Waals surface area contributed by atoms with E-state index in [0.29, 0.717) is 25.3 Å². The molecule has 5 rings (SSSR count). The Kier molecular flexibility index (Phi) is 5.99. The third kappa shape index (κ3) is 4.56. The zero-order valence-corrected chi connectivity index (χ0v) is 19.1. The summed E-state index contributed by atoms with van der Waals surface area (Å²) < 4.78 is 32.9. The Labute approximate surface area is 193 Å². The molecule has 33 heavy (non-hydrogen) atoms. The molecule has 1 aliphatic carbocycles. The van der Waals surface area contributed by atoms with Gasteiger partial charge in [-0.05, 0) is 73.9 Å². The monoisotopic (exact) mass is 466 g/mol. The van der Waals surface area contributed by atoms with Gasteiger partial charge in [-0.2, -0.15) is 4.31 Å². The van der Waals surface area contributed by atoms with Crippen LogP contribution in [0.5, 0.6) is 0 Å². The summed E-state index contributed by atoms with van der Waals surface area (Å²) in [5.41, 5.74) is 3.51. The number of nitrogens with zero attached hydrogens (tertiary/aromatic N) is 3. The number of fused-ring (bicyclic) bond motifs is 1. The maximum atomic E-state index is 12.9. The van der Waals surface area contributed by atoms with Gasteiger partial charge in [-0.3, -0.25) is 10.1 Å². The van der Waals surface area contributed by atoms with Crippen molar-refractivity contribution >= 4 is 21.9 Å². The number of aryl methyl sites for hydroxylation is 2. The van der Waals surface area contributed by atoms with Gasteiger partial charge in [-0.25, -0.2) is 8.42 Å². The van der Waals surface area contributed by atoms with Crippen molar-refractivity contribution in [2.24, 2.45) is 5.92 Å². The minimum atomic E-state index is -3.64. The highest BCUT2D eigenvalue weighted by molar-refractivity contribution is 7.89. The van der Waals surface area contributed by atoms with Crippen molar-refractivity contribution in [1.82, 2.24) is 14.5 Å². The first-order chi connectivity index (χ1) is 16.0. The van der Waals surface area contributed by atoms with E-state index in [2.05, 4.69) is 27.6 Å². The second-order valence-corrected chi connectivity index (χ2v) is 10.5. The Bertz CT molecular complexity index is 1260. The molecular formula is C24H26N4O4S. The van der Waals surface area contributed by atoms with Gasteiger partial charge >= 0.3 is 6.01 Å². The van der Waals surface area contributed by atoms with Crippen LogP contribution in [0.15, 0.2) is 57.8 Å². The Morgan fingerprint density at radius 1 is 1.00 bits per heavy atom. The van der Waals surface area contributed by atoms with Crippen molar-refractivity contribution in [1.29, 1.82) is 0 Å². The maximum Gasteiger partial charge on any atom is 0.322 e. The predicted octanol–water partition coefficient (Wildman–Crippen LogP) is 3.65. The lowest BCUT2D eigenvalue weighted by Gasteiger charge is -2.30. The number of anilines is 1. The van der Waals surface area contributed by atoms with Gasteiger partial charge in [0.2, 0.25) is 21.8 Å². The van der Waals surface area contributed by atoms with E-state index in [1.165, 1.54) is 28.3 Å². The van der Waals surface area contributed by atoms with Crippen molar-refractivity contribution < 1.29 is 17.6 Å². The van der Waals surface area contributed by atoms with Crippen molar-refractivity contribution in [3.63, 3.8) is 0 Å². The van der Waals surface area contributed by atoms with Crippen molar-refractivity contribution in [2.75, 3.05) is 18.4 Å². The zero-order valence-electron chi connectivity index (χ0n) is 18.2. The summed E-state index contributed by atoms with van der Waals surface area (Å²) >= 11 is 0. The molecule has 3 aromatic rings. The maximum absolute atomic E-state index is 12.9. The van der Waals surface area contributed by atoms with E-state index in [1.807, 2.05) is 6.07 Å². The molecule has 9 heteroatoms. The molecule has 2 aliphatic rings. The lowest BCUT2D eigenvalue weighted by molar-refractivity contribution is -0.121. The standard InChI is InChI=1S/C24H26N4O4S/c29-22(20-9-6-14-28(16-20)33(30,31)21-10-2-1-3-11-21)25-24-27-26-23(32-24)19-13-12-17-7-4-5-8-18(17)15-19/h1-3,10-13,15,20H,4-9,14,16H2,(H,25,27,29). The van der Waals surface area contributed by atoms with Crippen LogP contribution in [0.3, 0.4) is 0 Å². The molecule has 172 valence electrons. The van der Waals surface area contributed by atoms with E-state index < -0.39 is 15.9 Å². The SMILES string of the molecule is O=C(Nc1nnc(-c2ccc3c(c2)CCCC3)o1)C1CCCN(S(=O)(=O)c2ccccc2)C1. The summed E-state index contributed by atoms with van der Waals surface area (Å²) in [6, 6.07) is 14.5. The summed E-state index contributed by atoms with van der Waals surface area (Å²) in [5.74, 6) is -0.449. The third-order valence-electron chi connectivity index (χ3n) is 6.39. The van der Waals surface area contributed by atoms with Gasteiger partial charge in [-0.15, -0.1) is 5.10 Å². The Balaban J connectivity index is 1.26. The van der Waals surface area contributed by atoms with Gasteiger partial charge < -0.3 is 4.42 Å². The van der Waals surface area contributed by atoms with Crippen LogP contribution in [-0.2, 0) is 27.7 Å². The summed E-state index contributed by atoms with van der Waals surface area (Å²) in [6.07, 6.45) is 5.74. The van der Waals surface area contributed by atoms with Gasteiger partial charge in [0.1, 0.15) is 0 Å². The third-order valence-corrected chi connectivity index (χ3v) is 8.27. The van der Waals surface area contributed by atoms with Crippen molar-refractivity contribution in [3.05, 3.63) is 59.7 Å². The highest BCUT2D eigenvalue weighted by Crippen LogP contribution is 2.28. The fraction of sp³-hybridized carbons (Fsp3) is 0.375. The fourth-order valence-electron chi connectivity index (χ4n) is 4.58. The van der Waals surface area contributed by atoms with Crippen LogP contribution in [0.1, 0.15) is 36.8 Å². The first-order valence-electron chi connectivity index (χ1n) is 11.3. The molecule has 1 aromatic heterocycles. The minimum Gasteiger partial charge on any atom is -0.403 e. The fourth-order valence-corrected chi connectivity index (χ4v) is 6.13. The number of hydrogen-bond acceptors (Lipinski definition) is 6. The van der Waals surface area contributed by atoms with E-state index in [9.17, 15) is 13.2 Å². The van der Waals surface area contributed by atoms with E-state index in [1.54, 1.807) is 30.3 Å². The lowest BCUT2D eigenvalue weighted by Crippen LogP contribution is -2.43. The van der Waals surface area contributed by atoms with E-state index in [4.69, 9.17) is 4.42 Å². The number of carbonyl (C=O) groups excluding carboxylic acids is 1. The molecule has 1 saturated heterocycles. The largest absolute Gasteiger partial charge is 0.403 e. The van der Waals surface area contributed by atoms with Crippen LogP contribution < -0.4 is 5.32 Å². The molecule has 1 N–H and O–H groups in total. The van der Waals surface area contributed by atoms with Crippen molar-refractivity contribution in [3.8, 4) is 11.5 Å². The Morgan fingerprint density at radius 3 is 2.61 bits per heavy atom. The number of benzene rings is 2. The molecule has 1 unspecified atom stereocenters. The molecule has 0 spiro atoms. The highest BCUT2D eigenvalue weighted by atomic mass is 32.2. The molecule has 2 aromatic carbocycles. The number of sulfonamides is 1. The topological polar surface area (TPSA) is 105 Å². The molecule has 1 fully saturated rings. The van der Waals surface area contributed by atoms with Gasteiger partial charge in [0.15, 0.2) is 0 Å². The predicted molar refractivity (Wildman–Crippen MR) is 123 cm³/mol. The van der Waals surface area contributed by atoms with E-state index in [-0.39, 0.29) is 23.4 Å². The summed E-state index contributed by atoms with van der Waals surface area (Å²) in [5, 5.41) is 10.7. The molecule has 2 heterocycles. The van der Waals surface area contributed by atoms with E-state index >= 15 is 0 Å². The smallest absolute Gasteiger partial charge is 0.322 e. The van der Waals surface area contributed by atoms with Gasteiger partial charge in [0, 0.05) is 18.7 Å². The van der Waals surface area contributed by atoms with Gasteiger partial charge in [0.05, 0.1) is 10.8 Å². The molecule has 0 bridgehead atoms. The molecule has 1 amide bonds. The molecule has 1 atom stereocenters. The van der Waals surface area contributed by atoms with Crippen LogP contribution in [0.2, 0.25) is 0 Å². The van der Waals surface area contributed by atoms with Crippen molar-refractivity contribution in [2.45, 2.75) is 43.4 Å². The lowest BCUT2D eigenvalue weighted by atomic mass is 9.90. The summed E-state index contributed by atoms with van der Waals surface area (Å²) in [4.78, 5) is 13.1. The van der Waals surface area contributed by atoms with Crippen LogP contribution in [0, 0.1) is 5.92 Å². The number of amides is 1. The quantitative estimate of drug-likeness (QED) is 0.615. The Morgan fingerprint density at radius 2 is 1.79 bits per heavy atom. The zero-order chi connectivity index (χ0) is 22.8. The molecule has 0 radical (unpaired) electrons. The number of rotatable bonds is 5. The Hall–Kier alpha value is -3.04. The average Bonchev–Trinajstić information content (AvgIpc) is 3.33. The van der Waals surface area contributed by atoms with Gasteiger partial charge in [-0.1, -0.05) is 29.4 Å². The van der Waals surface area contributed by atoms with E-state index in [0.717, 1.165) is 18.4 Å². The summed E-state index contributed by atoms with van der Waals surface area (Å²) in [6.45, 7) is 0.513. The molecule has 8 nitrogen and oxygen atoms in total. The first kappa shape index (κ1) is 21.8. The number of aromatic nitrogens is 2. The average molecular weight is 467 g/mol. The van der Waals surface area contributed by atoms with Crippen LogP contribution in [0.4, 0.5) is 6.01 Å².